The number of halogens is 2. The number of anilines is 3. The molecule has 9 heteroatoms. The molecule has 1 aromatic carbocycles. The highest BCUT2D eigenvalue weighted by atomic mass is 35.5. The molecular formula is C24H30ClFN6O. The molecule has 2 aliphatic heterocycles. The third-order valence-electron chi connectivity index (χ3n) is 8.23. The number of alkyl halides is 1. The molecule has 2 bridgehead atoms. The van der Waals surface area contributed by atoms with E-state index in [1.807, 2.05) is 29.2 Å². The highest BCUT2D eigenvalue weighted by Crippen LogP contribution is 2.71. The maximum atomic E-state index is 13.2. The summed E-state index contributed by atoms with van der Waals surface area (Å²) in [5.41, 5.74) is 3.51. The zero-order valence-corrected chi connectivity index (χ0v) is 19.7. The third-order valence-corrected chi connectivity index (χ3v) is 8.53. The van der Waals surface area contributed by atoms with Gasteiger partial charge in [0.25, 0.3) is 0 Å². The number of rotatable bonds is 7. The Hall–Kier alpha value is -2.16. The van der Waals surface area contributed by atoms with Crippen molar-refractivity contribution in [3.05, 3.63) is 35.1 Å². The minimum absolute atomic E-state index is 0.00332. The van der Waals surface area contributed by atoms with Crippen LogP contribution in [0.5, 0.6) is 0 Å². The minimum atomic E-state index is -0.224. The molecule has 0 unspecified atom stereocenters. The van der Waals surface area contributed by atoms with Crippen LogP contribution in [0.15, 0.2) is 24.5 Å². The number of nitrogens with zero attached hydrogens (tertiary/aromatic N) is 4. The molecule has 3 heterocycles. The summed E-state index contributed by atoms with van der Waals surface area (Å²) in [7, 11) is 0. The molecule has 3 aliphatic carbocycles. The molecule has 1 aromatic heterocycles. The second-order valence-electron chi connectivity index (χ2n) is 10.7. The fourth-order valence-electron chi connectivity index (χ4n) is 6.24. The van der Waals surface area contributed by atoms with Crippen LogP contribution < -0.4 is 10.2 Å². The molecule has 176 valence electrons. The van der Waals surface area contributed by atoms with Crippen molar-refractivity contribution in [2.24, 2.45) is 5.41 Å². The van der Waals surface area contributed by atoms with Crippen LogP contribution in [0.1, 0.15) is 31.7 Å². The van der Waals surface area contributed by atoms with Crippen molar-refractivity contribution < 1.29 is 9.13 Å². The highest BCUT2D eigenvalue weighted by Gasteiger charge is 2.69. The van der Waals surface area contributed by atoms with Gasteiger partial charge >= 0.3 is 0 Å². The molecule has 0 radical (unpaired) electrons. The molecule has 7 rings (SSSR count). The first kappa shape index (κ1) is 21.4. The van der Waals surface area contributed by atoms with Gasteiger partial charge in [0.2, 0.25) is 0 Å². The summed E-state index contributed by atoms with van der Waals surface area (Å²) < 4.78 is 20.6. The SMILES string of the molecule is CC1(N2CCN(c3cc(Nc4cnn(C56CC(CF)(C5)C6)c4)c(C=N)cc3Cl)CC2)COC1. The van der Waals surface area contributed by atoms with Gasteiger partial charge in [-0.2, -0.15) is 5.10 Å². The van der Waals surface area contributed by atoms with Crippen LogP contribution in [0, 0.1) is 10.8 Å². The van der Waals surface area contributed by atoms with E-state index < -0.39 is 0 Å². The Kier molecular flexibility index (Phi) is 4.81. The van der Waals surface area contributed by atoms with Crippen LogP contribution in [0.3, 0.4) is 0 Å². The molecule has 7 nitrogen and oxygen atoms in total. The van der Waals surface area contributed by atoms with Crippen LogP contribution >= 0.6 is 11.6 Å². The minimum Gasteiger partial charge on any atom is -0.377 e. The Balaban J connectivity index is 1.18. The van der Waals surface area contributed by atoms with Gasteiger partial charge in [-0.05, 0) is 38.3 Å². The van der Waals surface area contributed by atoms with E-state index in [0.29, 0.717) is 5.02 Å². The zero-order chi connectivity index (χ0) is 22.8. The molecule has 2 saturated heterocycles. The standard InChI is InChI=1S/C24H30ClFN6O/c1-22(15-33-16-22)31-4-2-30(3-5-31)21-7-20(17(8-27)6-19(21)25)29-18-9-28-32(10-18)24-11-23(12-24,13-24)14-26/h6-10,27,29H,2-5,11-16H2,1H3. The van der Waals surface area contributed by atoms with Crippen LogP contribution in [0.2, 0.25) is 5.02 Å². The fraction of sp³-hybridized carbons (Fsp3) is 0.583. The summed E-state index contributed by atoms with van der Waals surface area (Å²) in [6.07, 6.45) is 7.78. The van der Waals surface area contributed by atoms with Gasteiger partial charge in [-0.1, -0.05) is 11.6 Å². The van der Waals surface area contributed by atoms with E-state index in [0.717, 1.165) is 81.3 Å². The topological polar surface area (TPSA) is 69.4 Å². The largest absolute Gasteiger partial charge is 0.377 e. The Morgan fingerprint density at radius 2 is 1.94 bits per heavy atom. The van der Waals surface area contributed by atoms with Crippen molar-refractivity contribution in [2.75, 3.05) is 56.3 Å². The van der Waals surface area contributed by atoms with E-state index in [4.69, 9.17) is 21.7 Å². The van der Waals surface area contributed by atoms with Gasteiger partial charge in [0.05, 0.1) is 53.6 Å². The lowest BCUT2D eigenvalue weighted by Gasteiger charge is -2.69. The number of ether oxygens (including phenoxy) is 1. The van der Waals surface area contributed by atoms with Crippen molar-refractivity contribution >= 4 is 34.9 Å². The summed E-state index contributed by atoms with van der Waals surface area (Å²) in [5, 5.41) is 16.5. The second kappa shape index (κ2) is 7.42. The van der Waals surface area contributed by atoms with E-state index in [1.165, 1.54) is 6.21 Å². The molecule has 0 amide bonds. The molecule has 2 aromatic rings. The predicted molar refractivity (Wildman–Crippen MR) is 128 cm³/mol. The van der Waals surface area contributed by atoms with Crippen molar-refractivity contribution in [3.63, 3.8) is 0 Å². The summed E-state index contributed by atoms with van der Waals surface area (Å²) in [4.78, 5) is 4.83. The number of hydrogen-bond acceptors (Lipinski definition) is 6. The lowest BCUT2D eigenvalue weighted by molar-refractivity contribution is -0.201. The number of benzene rings is 1. The van der Waals surface area contributed by atoms with Gasteiger partial charge in [-0.3, -0.25) is 14.0 Å². The maximum Gasteiger partial charge on any atom is 0.0953 e. The quantitative estimate of drug-likeness (QED) is 0.595. The van der Waals surface area contributed by atoms with Crippen molar-refractivity contribution in [3.8, 4) is 0 Å². The number of aromatic nitrogens is 2. The number of nitrogens with one attached hydrogen (secondary N) is 2. The highest BCUT2D eigenvalue weighted by molar-refractivity contribution is 6.33. The first-order valence-electron chi connectivity index (χ1n) is 11.7. The van der Waals surface area contributed by atoms with E-state index in [-0.39, 0.29) is 23.2 Å². The lowest BCUT2D eigenvalue weighted by Crippen LogP contribution is -2.68. The second-order valence-corrected chi connectivity index (χ2v) is 11.1. The van der Waals surface area contributed by atoms with Crippen molar-refractivity contribution in [1.82, 2.24) is 14.7 Å². The predicted octanol–water partition coefficient (Wildman–Crippen LogP) is 4.04. The van der Waals surface area contributed by atoms with Gasteiger partial charge in [0.1, 0.15) is 0 Å². The van der Waals surface area contributed by atoms with Crippen molar-refractivity contribution in [1.29, 1.82) is 5.41 Å². The van der Waals surface area contributed by atoms with Gasteiger partial charge in [-0.25, -0.2) is 0 Å². The normalized spacial score (nSPS) is 30.2. The Bertz CT molecular complexity index is 1070. The monoisotopic (exact) mass is 472 g/mol. The molecule has 33 heavy (non-hydrogen) atoms. The summed E-state index contributed by atoms with van der Waals surface area (Å²) in [6, 6.07) is 3.90. The van der Waals surface area contributed by atoms with Crippen molar-refractivity contribution in [2.45, 2.75) is 37.3 Å². The molecular weight excluding hydrogens is 443 g/mol. The van der Waals surface area contributed by atoms with Gasteiger partial charge < -0.3 is 20.4 Å². The smallest absolute Gasteiger partial charge is 0.0953 e. The molecule has 5 fully saturated rings. The van der Waals surface area contributed by atoms with Crippen LogP contribution in [-0.2, 0) is 10.3 Å². The fourth-order valence-corrected chi connectivity index (χ4v) is 6.53. The molecule has 0 atom stereocenters. The van der Waals surface area contributed by atoms with Crippen LogP contribution in [0.4, 0.5) is 21.5 Å². The first-order valence-corrected chi connectivity index (χ1v) is 12.1. The number of hydrogen-bond donors (Lipinski definition) is 2. The Morgan fingerprint density at radius 3 is 2.55 bits per heavy atom. The van der Waals surface area contributed by atoms with Gasteiger partial charge in [-0.15, -0.1) is 0 Å². The van der Waals surface area contributed by atoms with Gasteiger partial charge in [0, 0.05) is 55.3 Å². The number of piperazine rings is 1. The average Bonchev–Trinajstić information content (AvgIpc) is 3.20. The molecule has 3 saturated carbocycles. The van der Waals surface area contributed by atoms with E-state index >= 15 is 0 Å². The Labute approximate surface area is 198 Å². The lowest BCUT2D eigenvalue weighted by atomic mass is 9.40. The first-order chi connectivity index (χ1) is 15.9. The summed E-state index contributed by atoms with van der Waals surface area (Å²) in [5.74, 6) is 0. The summed E-state index contributed by atoms with van der Waals surface area (Å²) in [6.45, 7) is 7.40. The van der Waals surface area contributed by atoms with Crippen LogP contribution in [0.25, 0.3) is 0 Å². The van der Waals surface area contributed by atoms with Crippen LogP contribution in [-0.4, -0.2) is 72.5 Å². The van der Waals surface area contributed by atoms with E-state index in [2.05, 4.69) is 27.1 Å². The van der Waals surface area contributed by atoms with E-state index in [1.54, 1.807) is 0 Å². The average molecular weight is 473 g/mol. The van der Waals surface area contributed by atoms with E-state index in [9.17, 15) is 4.39 Å². The maximum absolute atomic E-state index is 13.2. The molecule has 5 aliphatic rings. The molecule has 2 N–H and O–H groups in total. The third kappa shape index (κ3) is 3.29. The zero-order valence-electron chi connectivity index (χ0n) is 18.9. The summed E-state index contributed by atoms with van der Waals surface area (Å²) >= 11 is 6.65. The Morgan fingerprint density at radius 1 is 1.21 bits per heavy atom. The van der Waals surface area contributed by atoms with Gasteiger partial charge in [0.15, 0.2) is 0 Å². The molecule has 0 spiro atoms.